The van der Waals surface area contributed by atoms with Crippen molar-refractivity contribution < 1.29 is 4.79 Å². The summed E-state index contributed by atoms with van der Waals surface area (Å²) in [5, 5.41) is 3.41. The fraction of sp³-hybridized carbons (Fsp3) is 0.0588. The molecule has 0 unspecified atom stereocenters. The number of para-hydroxylation sites is 1. The highest BCUT2D eigenvalue weighted by Gasteiger charge is 2.08. The van der Waals surface area contributed by atoms with Gasteiger partial charge in [0.25, 0.3) is 5.91 Å². The van der Waals surface area contributed by atoms with Crippen LogP contribution in [0.3, 0.4) is 0 Å². The van der Waals surface area contributed by atoms with Crippen molar-refractivity contribution in [1.29, 1.82) is 0 Å². The fourth-order valence-corrected chi connectivity index (χ4v) is 2.22. The Kier molecular flexibility index (Phi) is 5.79. The van der Waals surface area contributed by atoms with E-state index in [0.29, 0.717) is 16.5 Å². The third-order valence-corrected chi connectivity index (χ3v) is 3.45. The largest absolute Gasteiger partial charge is 0.301 e. The van der Waals surface area contributed by atoms with Crippen LogP contribution in [0.15, 0.2) is 78.3 Å². The molecule has 0 saturated heterocycles. The Morgan fingerprint density at radius 1 is 1.10 bits per heavy atom. The maximum atomic E-state index is 12.2. The molecule has 1 amide bonds. The van der Waals surface area contributed by atoms with Gasteiger partial charge in [0, 0.05) is 11.3 Å². The molecule has 2 rings (SSSR count). The number of hydrogen-bond acceptors (Lipinski definition) is 3. The molecule has 2 aromatic rings. The number of benzene rings is 2. The van der Waals surface area contributed by atoms with Gasteiger partial charge in [-0.05, 0) is 24.3 Å². The molecule has 0 spiro atoms. The Hall–Kier alpha value is -2.33. The van der Waals surface area contributed by atoms with E-state index in [4.69, 9.17) is 0 Å². The number of thioether (sulfide) groups is 1. The summed E-state index contributed by atoms with van der Waals surface area (Å²) in [6.07, 6.45) is 1.78. The summed E-state index contributed by atoms with van der Waals surface area (Å²) in [5.74, 6) is 0.516. The summed E-state index contributed by atoms with van der Waals surface area (Å²) in [6, 6.07) is 18.6. The van der Waals surface area contributed by atoms with Crippen molar-refractivity contribution in [2.24, 2.45) is 4.99 Å². The minimum absolute atomic E-state index is 0.165. The fourth-order valence-electron chi connectivity index (χ4n) is 1.61. The SMILES string of the molecule is C=CCSC(=Nc1ccccc1)NC(=O)c1ccccc1. The van der Waals surface area contributed by atoms with Crippen molar-refractivity contribution in [3.05, 3.63) is 78.9 Å². The number of rotatable bonds is 4. The van der Waals surface area contributed by atoms with Gasteiger partial charge in [-0.1, -0.05) is 54.2 Å². The van der Waals surface area contributed by atoms with Crippen LogP contribution >= 0.6 is 11.8 Å². The first-order chi connectivity index (χ1) is 10.3. The molecule has 0 atom stereocenters. The van der Waals surface area contributed by atoms with E-state index < -0.39 is 0 Å². The third-order valence-electron chi connectivity index (χ3n) is 2.58. The van der Waals surface area contributed by atoms with E-state index in [-0.39, 0.29) is 5.91 Å². The monoisotopic (exact) mass is 296 g/mol. The van der Waals surface area contributed by atoms with Crippen molar-refractivity contribution in [1.82, 2.24) is 5.32 Å². The standard InChI is InChI=1S/C17H16N2OS/c1-2-13-21-17(18-15-11-7-4-8-12-15)19-16(20)14-9-5-3-6-10-14/h2-12H,1,13H2,(H,18,19,20). The Labute approximate surface area is 128 Å². The molecule has 0 fully saturated rings. The number of carbonyl (C=O) groups excluding carboxylic acids is 1. The lowest BCUT2D eigenvalue weighted by Crippen LogP contribution is -2.28. The third kappa shape index (κ3) is 4.93. The molecule has 0 aliphatic heterocycles. The predicted molar refractivity (Wildman–Crippen MR) is 90.1 cm³/mol. The molecule has 106 valence electrons. The van der Waals surface area contributed by atoms with Crippen molar-refractivity contribution >= 4 is 28.5 Å². The lowest BCUT2D eigenvalue weighted by atomic mass is 10.2. The molecule has 4 heteroatoms. The molecule has 0 aromatic heterocycles. The number of amidine groups is 1. The molecule has 0 aliphatic rings. The summed E-state index contributed by atoms with van der Waals surface area (Å²) in [5.41, 5.74) is 1.41. The number of hydrogen-bond donors (Lipinski definition) is 1. The highest BCUT2D eigenvalue weighted by Crippen LogP contribution is 2.14. The van der Waals surface area contributed by atoms with Gasteiger partial charge in [-0.2, -0.15) is 0 Å². The first kappa shape index (κ1) is 15.1. The lowest BCUT2D eigenvalue weighted by Gasteiger charge is -2.07. The van der Waals surface area contributed by atoms with Gasteiger partial charge >= 0.3 is 0 Å². The molecule has 0 aliphatic carbocycles. The predicted octanol–water partition coefficient (Wildman–Crippen LogP) is 4.02. The smallest absolute Gasteiger partial charge is 0.257 e. The Morgan fingerprint density at radius 3 is 2.33 bits per heavy atom. The number of amides is 1. The summed E-state index contributed by atoms with van der Waals surface area (Å²) in [6.45, 7) is 3.69. The Balaban J connectivity index is 2.15. The molecule has 21 heavy (non-hydrogen) atoms. The van der Waals surface area contributed by atoms with E-state index >= 15 is 0 Å². The number of nitrogens with zero attached hydrogens (tertiary/aromatic N) is 1. The van der Waals surface area contributed by atoms with Gasteiger partial charge in [-0.3, -0.25) is 4.79 Å². The second-order valence-electron chi connectivity index (χ2n) is 4.17. The first-order valence-electron chi connectivity index (χ1n) is 6.53. The summed E-state index contributed by atoms with van der Waals surface area (Å²) >= 11 is 1.44. The molecule has 1 N–H and O–H groups in total. The van der Waals surface area contributed by atoms with E-state index in [0.717, 1.165) is 5.69 Å². The topological polar surface area (TPSA) is 41.5 Å². The van der Waals surface area contributed by atoms with Crippen LogP contribution in [0.4, 0.5) is 5.69 Å². The van der Waals surface area contributed by atoms with E-state index in [1.54, 1.807) is 18.2 Å². The molecule has 0 heterocycles. The van der Waals surface area contributed by atoms with E-state index in [2.05, 4.69) is 16.9 Å². The highest BCUT2D eigenvalue weighted by molar-refractivity contribution is 8.14. The summed E-state index contributed by atoms with van der Waals surface area (Å²) < 4.78 is 0. The van der Waals surface area contributed by atoms with Crippen LogP contribution < -0.4 is 5.32 Å². The van der Waals surface area contributed by atoms with Crippen LogP contribution in [0.25, 0.3) is 0 Å². The number of carbonyl (C=O) groups is 1. The average Bonchev–Trinajstić information content (AvgIpc) is 2.54. The van der Waals surface area contributed by atoms with Crippen LogP contribution in [-0.2, 0) is 0 Å². The zero-order chi connectivity index (χ0) is 14.9. The average molecular weight is 296 g/mol. The molecule has 0 radical (unpaired) electrons. The van der Waals surface area contributed by atoms with E-state index in [9.17, 15) is 4.79 Å². The van der Waals surface area contributed by atoms with Crippen LogP contribution in [0.1, 0.15) is 10.4 Å². The van der Waals surface area contributed by atoms with Gasteiger partial charge < -0.3 is 5.32 Å². The number of nitrogens with one attached hydrogen (secondary N) is 1. The van der Waals surface area contributed by atoms with E-state index in [1.165, 1.54) is 11.8 Å². The van der Waals surface area contributed by atoms with Crippen LogP contribution in [0.5, 0.6) is 0 Å². The van der Waals surface area contributed by atoms with Gasteiger partial charge in [0.2, 0.25) is 0 Å². The zero-order valence-corrected chi connectivity index (χ0v) is 12.3. The maximum Gasteiger partial charge on any atom is 0.257 e. The normalized spacial score (nSPS) is 11.0. The molecule has 0 bridgehead atoms. The molecule has 3 nitrogen and oxygen atoms in total. The number of aliphatic imine (C=N–C) groups is 1. The Bertz CT molecular complexity index is 624. The van der Waals surface area contributed by atoms with Gasteiger partial charge in [0.05, 0.1) is 5.69 Å². The van der Waals surface area contributed by atoms with Gasteiger partial charge in [-0.25, -0.2) is 4.99 Å². The molecule has 0 saturated carbocycles. The van der Waals surface area contributed by atoms with Crippen molar-refractivity contribution in [2.45, 2.75) is 0 Å². The van der Waals surface area contributed by atoms with Gasteiger partial charge in [-0.15, -0.1) is 6.58 Å². The Morgan fingerprint density at radius 2 is 1.71 bits per heavy atom. The minimum atomic E-state index is -0.165. The van der Waals surface area contributed by atoms with Crippen molar-refractivity contribution in [3.8, 4) is 0 Å². The molecular formula is C17H16N2OS. The molecular weight excluding hydrogens is 280 g/mol. The summed E-state index contributed by atoms with van der Waals surface area (Å²) in [4.78, 5) is 16.6. The second kappa shape index (κ2) is 8.07. The highest BCUT2D eigenvalue weighted by atomic mass is 32.2. The maximum absolute atomic E-state index is 12.2. The second-order valence-corrected chi connectivity index (χ2v) is 5.18. The minimum Gasteiger partial charge on any atom is -0.301 e. The van der Waals surface area contributed by atoms with E-state index in [1.807, 2.05) is 48.5 Å². The zero-order valence-electron chi connectivity index (χ0n) is 11.5. The summed E-state index contributed by atoms with van der Waals surface area (Å²) in [7, 11) is 0. The van der Waals surface area contributed by atoms with Crippen molar-refractivity contribution in [2.75, 3.05) is 5.75 Å². The van der Waals surface area contributed by atoms with Crippen molar-refractivity contribution in [3.63, 3.8) is 0 Å². The van der Waals surface area contributed by atoms with Crippen LogP contribution in [0, 0.1) is 0 Å². The van der Waals surface area contributed by atoms with Crippen LogP contribution in [-0.4, -0.2) is 16.8 Å². The lowest BCUT2D eigenvalue weighted by molar-refractivity contribution is 0.0978. The first-order valence-corrected chi connectivity index (χ1v) is 7.52. The quantitative estimate of drug-likeness (QED) is 0.526. The van der Waals surface area contributed by atoms with Crippen LogP contribution in [0.2, 0.25) is 0 Å². The van der Waals surface area contributed by atoms with Gasteiger partial charge in [0.1, 0.15) is 0 Å². The van der Waals surface area contributed by atoms with Gasteiger partial charge in [0.15, 0.2) is 5.17 Å². The molecule has 2 aromatic carbocycles.